The number of rotatable bonds is 2. The molecule has 0 aliphatic carbocycles. The van der Waals surface area contributed by atoms with Crippen LogP contribution in [0.1, 0.15) is 26.3 Å². The maximum Gasteiger partial charge on any atom is 0.123 e. The second kappa shape index (κ2) is 3.88. The Hall–Kier alpha value is -1.22. The van der Waals surface area contributed by atoms with Gasteiger partial charge in [0.05, 0.1) is 12.3 Å². The fourth-order valence-electron chi connectivity index (χ4n) is 1.17. The van der Waals surface area contributed by atoms with E-state index in [9.17, 15) is 5.11 Å². The lowest BCUT2D eigenvalue weighted by molar-refractivity contribution is 0.276. The van der Waals surface area contributed by atoms with Crippen molar-refractivity contribution in [3.63, 3.8) is 0 Å². The predicted octanol–water partition coefficient (Wildman–Crippen LogP) is 1.90. The summed E-state index contributed by atoms with van der Waals surface area (Å²) in [6.07, 6.45) is 0. The molecule has 1 rings (SSSR count). The molecule has 0 atom stereocenters. The van der Waals surface area contributed by atoms with Gasteiger partial charge in [0.2, 0.25) is 0 Å². The maximum atomic E-state index is 9.47. The first-order valence-electron chi connectivity index (χ1n) is 4.55. The summed E-state index contributed by atoms with van der Waals surface area (Å²) in [4.78, 5) is 0. The summed E-state index contributed by atoms with van der Waals surface area (Å²) in [7, 11) is 0. The summed E-state index contributed by atoms with van der Waals surface area (Å²) in [6, 6.07) is 6.10. The molecule has 0 amide bonds. The standard InChI is InChI=1S/C11H16NO2/c1-11(2,3)12-9-5-4-6-10(14)8(9)7-13/h4,6,12-14H,7H2,1-3H3. The van der Waals surface area contributed by atoms with E-state index in [1.54, 1.807) is 6.07 Å². The van der Waals surface area contributed by atoms with Crippen LogP contribution in [0.4, 0.5) is 5.69 Å². The van der Waals surface area contributed by atoms with Crippen molar-refractivity contribution in [3.8, 4) is 5.75 Å². The highest BCUT2D eigenvalue weighted by atomic mass is 16.3. The molecule has 77 valence electrons. The van der Waals surface area contributed by atoms with Gasteiger partial charge in [0.1, 0.15) is 5.75 Å². The SMILES string of the molecule is CC(C)(C)Nc1[c]ccc(O)c1CO. The number of aromatic hydroxyl groups is 1. The normalized spacial score (nSPS) is 11.4. The molecule has 1 aromatic rings. The van der Waals surface area contributed by atoms with Crippen LogP contribution < -0.4 is 5.32 Å². The van der Waals surface area contributed by atoms with Gasteiger partial charge >= 0.3 is 0 Å². The van der Waals surface area contributed by atoms with Gasteiger partial charge in [-0.15, -0.1) is 0 Å². The molecule has 0 saturated carbocycles. The molecule has 3 nitrogen and oxygen atoms in total. The van der Waals surface area contributed by atoms with Gasteiger partial charge in [-0.1, -0.05) is 0 Å². The molecule has 3 N–H and O–H groups in total. The Morgan fingerprint density at radius 1 is 1.43 bits per heavy atom. The van der Waals surface area contributed by atoms with Crippen molar-refractivity contribution in [1.29, 1.82) is 0 Å². The van der Waals surface area contributed by atoms with E-state index in [0.717, 1.165) is 0 Å². The minimum absolute atomic E-state index is 0.0954. The third kappa shape index (κ3) is 2.64. The lowest BCUT2D eigenvalue weighted by atomic mass is 10.1. The highest BCUT2D eigenvalue weighted by molar-refractivity contribution is 5.57. The quantitative estimate of drug-likeness (QED) is 0.674. The summed E-state index contributed by atoms with van der Waals surface area (Å²) >= 11 is 0. The first-order chi connectivity index (χ1) is 6.44. The monoisotopic (exact) mass is 194 g/mol. The van der Waals surface area contributed by atoms with E-state index >= 15 is 0 Å². The topological polar surface area (TPSA) is 52.5 Å². The average Bonchev–Trinajstić information content (AvgIpc) is 2.01. The van der Waals surface area contributed by atoms with Crippen molar-refractivity contribution in [2.45, 2.75) is 32.9 Å². The van der Waals surface area contributed by atoms with Crippen molar-refractivity contribution in [2.24, 2.45) is 0 Å². The van der Waals surface area contributed by atoms with Crippen molar-refractivity contribution >= 4 is 5.69 Å². The summed E-state index contributed by atoms with van der Waals surface area (Å²) in [5.74, 6) is 0.0954. The number of hydrogen-bond donors (Lipinski definition) is 3. The van der Waals surface area contributed by atoms with E-state index in [1.165, 1.54) is 6.07 Å². The van der Waals surface area contributed by atoms with Crippen LogP contribution in [0.15, 0.2) is 12.1 Å². The van der Waals surface area contributed by atoms with Crippen LogP contribution in [-0.4, -0.2) is 15.8 Å². The van der Waals surface area contributed by atoms with Crippen LogP contribution in [0.5, 0.6) is 5.75 Å². The molecule has 0 bridgehead atoms. The molecular formula is C11H16NO2. The molecular weight excluding hydrogens is 178 g/mol. The third-order valence-corrected chi connectivity index (χ3v) is 1.74. The van der Waals surface area contributed by atoms with E-state index < -0.39 is 0 Å². The second-order valence-corrected chi connectivity index (χ2v) is 4.25. The van der Waals surface area contributed by atoms with Gasteiger partial charge in [0.15, 0.2) is 0 Å². The van der Waals surface area contributed by atoms with Gasteiger partial charge in [-0.2, -0.15) is 0 Å². The van der Waals surface area contributed by atoms with Crippen LogP contribution >= 0.6 is 0 Å². The molecule has 0 aliphatic rings. The lowest BCUT2D eigenvalue weighted by Crippen LogP contribution is -2.26. The molecule has 0 saturated heterocycles. The van der Waals surface area contributed by atoms with Crippen LogP contribution in [0.25, 0.3) is 0 Å². The molecule has 14 heavy (non-hydrogen) atoms. The summed E-state index contributed by atoms with van der Waals surface area (Å²) < 4.78 is 0. The van der Waals surface area contributed by atoms with Gasteiger partial charge in [-0.25, -0.2) is 0 Å². The summed E-state index contributed by atoms with van der Waals surface area (Å²) in [6.45, 7) is 5.83. The Morgan fingerprint density at radius 3 is 2.57 bits per heavy atom. The summed E-state index contributed by atoms with van der Waals surface area (Å²) in [5.41, 5.74) is 1.02. The van der Waals surface area contributed by atoms with Crippen molar-refractivity contribution in [2.75, 3.05) is 5.32 Å². The summed E-state index contributed by atoms with van der Waals surface area (Å²) in [5, 5.41) is 21.7. The zero-order chi connectivity index (χ0) is 10.8. The number of anilines is 1. The molecule has 0 heterocycles. The zero-order valence-electron chi connectivity index (χ0n) is 8.76. The molecule has 1 aromatic carbocycles. The Balaban J connectivity index is 3.02. The van der Waals surface area contributed by atoms with E-state index in [1.807, 2.05) is 20.8 Å². The predicted molar refractivity (Wildman–Crippen MR) is 56.2 cm³/mol. The van der Waals surface area contributed by atoms with Crippen molar-refractivity contribution in [3.05, 3.63) is 23.8 Å². The van der Waals surface area contributed by atoms with Gasteiger partial charge in [0, 0.05) is 17.2 Å². The largest absolute Gasteiger partial charge is 0.508 e. The van der Waals surface area contributed by atoms with Crippen LogP contribution in [0.2, 0.25) is 0 Å². The van der Waals surface area contributed by atoms with Crippen LogP contribution in [0, 0.1) is 6.07 Å². The number of aliphatic hydroxyl groups excluding tert-OH is 1. The highest BCUT2D eigenvalue weighted by Crippen LogP contribution is 2.26. The van der Waals surface area contributed by atoms with Gasteiger partial charge in [-0.05, 0) is 32.9 Å². The van der Waals surface area contributed by atoms with Gasteiger partial charge in [0.25, 0.3) is 0 Å². The number of aliphatic hydroxyl groups is 1. The second-order valence-electron chi connectivity index (χ2n) is 4.25. The van der Waals surface area contributed by atoms with E-state index in [2.05, 4.69) is 11.4 Å². The fraction of sp³-hybridized carbons (Fsp3) is 0.455. The number of hydrogen-bond acceptors (Lipinski definition) is 3. The third-order valence-electron chi connectivity index (χ3n) is 1.74. The van der Waals surface area contributed by atoms with Gasteiger partial charge < -0.3 is 15.5 Å². The highest BCUT2D eigenvalue weighted by Gasteiger charge is 2.13. The zero-order valence-corrected chi connectivity index (χ0v) is 8.76. The molecule has 0 aromatic heterocycles. The van der Waals surface area contributed by atoms with Crippen molar-refractivity contribution in [1.82, 2.24) is 0 Å². The number of nitrogens with one attached hydrogen (secondary N) is 1. The van der Waals surface area contributed by atoms with E-state index in [0.29, 0.717) is 11.3 Å². The molecule has 0 spiro atoms. The maximum absolute atomic E-state index is 9.47. The fourth-order valence-corrected chi connectivity index (χ4v) is 1.17. The van der Waals surface area contributed by atoms with Crippen molar-refractivity contribution < 1.29 is 10.2 Å². The molecule has 0 unspecified atom stereocenters. The Kier molecular flexibility index (Phi) is 3.01. The molecule has 3 heteroatoms. The van der Waals surface area contributed by atoms with Crippen LogP contribution in [-0.2, 0) is 6.61 Å². The first kappa shape index (κ1) is 10.9. The minimum Gasteiger partial charge on any atom is -0.508 e. The first-order valence-corrected chi connectivity index (χ1v) is 4.55. The van der Waals surface area contributed by atoms with Crippen LogP contribution in [0.3, 0.4) is 0 Å². The van der Waals surface area contributed by atoms with Gasteiger partial charge in [-0.3, -0.25) is 0 Å². The average molecular weight is 194 g/mol. The smallest absolute Gasteiger partial charge is 0.123 e. The Labute approximate surface area is 84.4 Å². The molecule has 0 aliphatic heterocycles. The lowest BCUT2D eigenvalue weighted by Gasteiger charge is -2.23. The minimum atomic E-state index is -0.193. The molecule has 1 radical (unpaired) electrons. The molecule has 0 fully saturated rings. The van der Waals surface area contributed by atoms with E-state index in [4.69, 9.17) is 5.11 Å². The Morgan fingerprint density at radius 2 is 2.07 bits per heavy atom. The number of phenols is 1. The number of benzene rings is 1. The van der Waals surface area contributed by atoms with E-state index in [-0.39, 0.29) is 17.9 Å². The Bertz CT molecular complexity index is 316.